The fourth-order valence-electron chi connectivity index (χ4n) is 4.33. The van der Waals surface area contributed by atoms with Crippen LogP contribution in [0.15, 0.2) is 0 Å². The highest BCUT2D eigenvalue weighted by Gasteiger charge is 2.59. The summed E-state index contributed by atoms with van der Waals surface area (Å²) in [7, 11) is 3.84. The first-order valence-electron chi connectivity index (χ1n) is 9.39. The zero-order chi connectivity index (χ0) is 18.1. The highest BCUT2D eigenvalue weighted by Crippen LogP contribution is 2.53. The second-order valence-electron chi connectivity index (χ2n) is 8.76. The molecule has 1 N–H and O–H groups in total. The van der Waals surface area contributed by atoms with Crippen LogP contribution >= 0.6 is 0 Å². The maximum atomic E-state index is 12.4. The Morgan fingerprint density at radius 3 is 2.33 bits per heavy atom. The van der Waals surface area contributed by atoms with Gasteiger partial charge in [0.1, 0.15) is 0 Å². The standard InChI is InChI=1S/C19H37N3O2/c1-14(2)22-10-8-15(9-11-22)20-17(23)13-21(6)16-12-19(5,24-7)18(16,3)4/h14-16H,8-13H2,1-7H3,(H,20,23)/t16-,19+/m1/s1. The van der Waals surface area contributed by atoms with Gasteiger partial charge in [-0.1, -0.05) is 13.8 Å². The van der Waals surface area contributed by atoms with Gasteiger partial charge in [0.2, 0.25) is 5.91 Å². The van der Waals surface area contributed by atoms with E-state index in [1.807, 2.05) is 0 Å². The van der Waals surface area contributed by atoms with Crippen molar-refractivity contribution in [3.8, 4) is 0 Å². The third-order valence-corrected chi connectivity index (χ3v) is 6.78. The van der Waals surface area contributed by atoms with E-state index in [9.17, 15) is 4.79 Å². The number of ether oxygens (including phenoxy) is 1. The molecule has 2 rings (SSSR count). The van der Waals surface area contributed by atoms with Gasteiger partial charge in [-0.25, -0.2) is 0 Å². The summed E-state index contributed by atoms with van der Waals surface area (Å²) in [6.07, 6.45) is 3.10. The summed E-state index contributed by atoms with van der Waals surface area (Å²) in [5.41, 5.74) is -0.0362. The Kier molecular flexibility index (Phi) is 5.99. The zero-order valence-corrected chi connectivity index (χ0v) is 16.7. The lowest BCUT2D eigenvalue weighted by molar-refractivity contribution is -0.205. The molecule has 1 amide bonds. The lowest BCUT2D eigenvalue weighted by atomic mass is 9.55. The molecule has 5 nitrogen and oxygen atoms in total. The number of likely N-dealkylation sites (N-methyl/N-ethyl adjacent to an activating group) is 1. The SMILES string of the molecule is CO[C@@]1(C)C[C@@H](N(C)CC(=O)NC2CCN(C(C)C)CC2)C1(C)C. The number of nitrogens with zero attached hydrogens (tertiary/aromatic N) is 2. The van der Waals surface area contributed by atoms with E-state index in [4.69, 9.17) is 4.74 Å². The van der Waals surface area contributed by atoms with Gasteiger partial charge in [-0.2, -0.15) is 0 Å². The number of hydrogen-bond donors (Lipinski definition) is 1. The first-order chi connectivity index (χ1) is 11.1. The van der Waals surface area contributed by atoms with E-state index >= 15 is 0 Å². The van der Waals surface area contributed by atoms with Crippen LogP contribution < -0.4 is 5.32 Å². The molecule has 2 fully saturated rings. The minimum absolute atomic E-state index is 0.0549. The number of amides is 1. The lowest BCUT2D eigenvalue weighted by Crippen LogP contribution is -2.68. The minimum Gasteiger partial charge on any atom is -0.378 e. The van der Waals surface area contributed by atoms with E-state index in [2.05, 4.69) is 56.8 Å². The molecule has 24 heavy (non-hydrogen) atoms. The first kappa shape index (κ1) is 19.7. The molecule has 2 atom stereocenters. The molecular formula is C19H37N3O2. The molecule has 2 aliphatic rings. The summed E-state index contributed by atoms with van der Waals surface area (Å²) in [6, 6.07) is 1.32. The predicted molar refractivity (Wildman–Crippen MR) is 98.1 cm³/mol. The smallest absolute Gasteiger partial charge is 0.234 e. The van der Waals surface area contributed by atoms with Crippen LogP contribution in [0.3, 0.4) is 0 Å². The number of nitrogens with one attached hydrogen (secondary N) is 1. The van der Waals surface area contributed by atoms with Crippen LogP contribution in [0.5, 0.6) is 0 Å². The number of carbonyl (C=O) groups excluding carboxylic acids is 1. The van der Waals surface area contributed by atoms with Crippen molar-refractivity contribution >= 4 is 5.91 Å². The molecule has 0 radical (unpaired) electrons. The van der Waals surface area contributed by atoms with Crippen molar-refractivity contribution in [3.05, 3.63) is 0 Å². The topological polar surface area (TPSA) is 44.8 Å². The Morgan fingerprint density at radius 1 is 1.29 bits per heavy atom. The van der Waals surface area contributed by atoms with Gasteiger partial charge in [0.05, 0.1) is 12.1 Å². The van der Waals surface area contributed by atoms with Gasteiger partial charge in [0, 0.05) is 43.7 Å². The van der Waals surface area contributed by atoms with Crippen molar-refractivity contribution in [1.82, 2.24) is 15.1 Å². The molecular weight excluding hydrogens is 302 g/mol. The van der Waals surface area contributed by atoms with Gasteiger partial charge in [0.25, 0.3) is 0 Å². The van der Waals surface area contributed by atoms with E-state index in [1.54, 1.807) is 7.11 Å². The van der Waals surface area contributed by atoms with Gasteiger partial charge in [0.15, 0.2) is 0 Å². The number of methoxy groups -OCH3 is 1. The maximum absolute atomic E-state index is 12.4. The molecule has 1 heterocycles. The van der Waals surface area contributed by atoms with Crippen molar-refractivity contribution in [2.24, 2.45) is 5.41 Å². The molecule has 1 aliphatic heterocycles. The Morgan fingerprint density at radius 2 is 1.88 bits per heavy atom. The van der Waals surface area contributed by atoms with Crippen LogP contribution in [0.25, 0.3) is 0 Å². The second-order valence-corrected chi connectivity index (χ2v) is 8.76. The summed E-state index contributed by atoms with van der Waals surface area (Å²) >= 11 is 0. The quantitative estimate of drug-likeness (QED) is 0.805. The number of likely N-dealkylation sites (tertiary alicyclic amines) is 1. The van der Waals surface area contributed by atoms with E-state index in [0.29, 0.717) is 24.7 Å². The monoisotopic (exact) mass is 339 g/mol. The van der Waals surface area contributed by atoms with Crippen molar-refractivity contribution in [3.63, 3.8) is 0 Å². The molecule has 140 valence electrons. The predicted octanol–water partition coefficient (Wildman–Crippen LogP) is 2.11. The summed E-state index contributed by atoms with van der Waals surface area (Å²) < 4.78 is 5.69. The molecule has 0 spiro atoms. The molecule has 1 saturated carbocycles. The van der Waals surface area contributed by atoms with Crippen molar-refractivity contribution in [2.45, 2.75) is 77.6 Å². The second kappa shape index (κ2) is 7.30. The zero-order valence-electron chi connectivity index (χ0n) is 16.7. The average Bonchev–Trinajstić information content (AvgIpc) is 2.52. The minimum atomic E-state index is -0.0912. The fourth-order valence-corrected chi connectivity index (χ4v) is 4.33. The fraction of sp³-hybridized carbons (Fsp3) is 0.947. The van der Waals surface area contributed by atoms with E-state index in [1.165, 1.54) is 0 Å². The summed E-state index contributed by atoms with van der Waals surface area (Å²) in [5.74, 6) is 0.155. The van der Waals surface area contributed by atoms with E-state index in [0.717, 1.165) is 32.4 Å². The van der Waals surface area contributed by atoms with Crippen LogP contribution in [0.2, 0.25) is 0 Å². The van der Waals surface area contributed by atoms with E-state index in [-0.39, 0.29) is 16.9 Å². The maximum Gasteiger partial charge on any atom is 0.234 e. The summed E-state index contributed by atoms with van der Waals surface area (Å²) in [6.45, 7) is 13.8. The third kappa shape index (κ3) is 3.78. The lowest BCUT2D eigenvalue weighted by Gasteiger charge is -2.61. The Balaban J connectivity index is 1.77. The Labute approximate surface area is 148 Å². The van der Waals surface area contributed by atoms with Crippen LogP contribution in [-0.4, -0.2) is 73.2 Å². The van der Waals surface area contributed by atoms with E-state index < -0.39 is 0 Å². The van der Waals surface area contributed by atoms with Gasteiger partial charge in [-0.15, -0.1) is 0 Å². The molecule has 0 bridgehead atoms. The van der Waals surface area contributed by atoms with Crippen molar-refractivity contribution in [2.75, 3.05) is 33.8 Å². The van der Waals surface area contributed by atoms with Crippen LogP contribution in [0.4, 0.5) is 0 Å². The molecule has 1 aliphatic carbocycles. The Hall–Kier alpha value is -0.650. The van der Waals surface area contributed by atoms with Crippen LogP contribution in [-0.2, 0) is 9.53 Å². The van der Waals surface area contributed by atoms with Crippen LogP contribution in [0.1, 0.15) is 53.9 Å². The van der Waals surface area contributed by atoms with Crippen molar-refractivity contribution in [1.29, 1.82) is 0 Å². The molecule has 5 heteroatoms. The van der Waals surface area contributed by atoms with Gasteiger partial charge < -0.3 is 15.0 Å². The highest BCUT2D eigenvalue weighted by molar-refractivity contribution is 5.78. The highest BCUT2D eigenvalue weighted by atomic mass is 16.5. The summed E-state index contributed by atoms with van der Waals surface area (Å²) in [4.78, 5) is 17.1. The largest absolute Gasteiger partial charge is 0.378 e. The molecule has 1 saturated heterocycles. The molecule has 0 aromatic rings. The average molecular weight is 340 g/mol. The third-order valence-electron chi connectivity index (χ3n) is 6.78. The summed E-state index contributed by atoms with van der Waals surface area (Å²) in [5, 5.41) is 3.24. The number of hydrogen-bond acceptors (Lipinski definition) is 4. The first-order valence-corrected chi connectivity index (χ1v) is 9.39. The van der Waals surface area contributed by atoms with Crippen LogP contribution in [0, 0.1) is 5.41 Å². The van der Waals surface area contributed by atoms with Gasteiger partial charge >= 0.3 is 0 Å². The normalized spacial score (nSPS) is 31.3. The molecule has 0 aromatic heterocycles. The number of piperidine rings is 1. The van der Waals surface area contributed by atoms with Crippen molar-refractivity contribution < 1.29 is 9.53 Å². The molecule has 0 unspecified atom stereocenters. The number of rotatable bonds is 6. The Bertz CT molecular complexity index is 444. The van der Waals surface area contributed by atoms with Gasteiger partial charge in [-0.05, 0) is 47.1 Å². The van der Waals surface area contributed by atoms with Gasteiger partial charge in [-0.3, -0.25) is 9.69 Å². The number of carbonyl (C=O) groups is 1. The molecule has 0 aromatic carbocycles.